The molecule has 1 aromatic rings. The van der Waals surface area contributed by atoms with Crippen LogP contribution >= 0.6 is 12.4 Å². The van der Waals surface area contributed by atoms with Gasteiger partial charge in [0.25, 0.3) is 6.43 Å². The Kier molecular flexibility index (Phi) is 4.80. The number of aromatic nitrogens is 1. The van der Waals surface area contributed by atoms with Crippen molar-refractivity contribution < 1.29 is 8.78 Å². The summed E-state index contributed by atoms with van der Waals surface area (Å²) in [5, 5.41) is 0. The monoisotopic (exact) mass is 208 g/mol. The predicted molar refractivity (Wildman–Crippen MR) is 49.2 cm³/mol. The molecule has 0 amide bonds. The maximum Gasteiger partial charge on any atom is 0.259 e. The lowest BCUT2D eigenvalue weighted by Gasteiger charge is -2.09. The summed E-state index contributed by atoms with van der Waals surface area (Å²) >= 11 is 0. The molecule has 0 radical (unpaired) electrons. The molecule has 2 nitrogen and oxygen atoms in total. The van der Waals surface area contributed by atoms with E-state index in [0.29, 0.717) is 5.69 Å². The van der Waals surface area contributed by atoms with Gasteiger partial charge in [0.15, 0.2) is 0 Å². The molecule has 0 saturated carbocycles. The second-order valence-corrected chi connectivity index (χ2v) is 2.56. The number of hydrogen-bond acceptors (Lipinski definition) is 2. The molecule has 5 heteroatoms. The number of aryl methyl sites for hydroxylation is 1. The van der Waals surface area contributed by atoms with Crippen molar-refractivity contribution in [3.63, 3.8) is 0 Å². The average Bonchev–Trinajstić information content (AvgIpc) is 2.03. The van der Waals surface area contributed by atoms with Crippen LogP contribution in [-0.2, 0) is 0 Å². The van der Waals surface area contributed by atoms with Crippen LogP contribution in [0, 0.1) is 6.92 Å². The first kappa shape index (κ1) is 12.3. The van der Waals surface area contributed by atoms with Crippen LogP contribution in [0.5, 0.6) is 0 Å². The van der Waals surface area contributed by atoms with Crippen molar-refractivity contribution in [3.8, 4) is 0 Å². The summed E-state index contributed by atoms with van der Waals surface area (Å²) in [6.07, 6.45) is -2.56. The maximum atomic E-state index is 12.1. The second kappa shape index (κ2) is 5.09. The number of nitrogens with zero attached hydrogens (tertiary/aromatic N) is 1. The van der Waals surface area contributed by atoms with Gasteiger partial charge in [-0.15, -0.1) is 12.4 Å². The first-order valence-electron chi connectivity index (χ1n) is 3.58. The number of alkyl halides is 2. The Morgan fingerprint density at radius 1 is 1.38 bits per heavy atom. The van der Waals surface area contributed by atoms with Gasteiger partial charge in [-0.25, -0.2) is 8.78 Å². The lowest BCUT2D eigenvalue weighted by Crippen LogP contribution is -2.20. The third-order valence-electron chi connectivity index (χ3n) is 1.52. The van der Waals surface area contributed by atoms with Gasteiger partial charge in [-0.05, 0) is 19.1 Å². The van der Waals surface area contributed by atoms with Crippen LogP contribution in [0.25, 0.3) is 0 Å². The minimum atomic E-state index is -2.56. The SMILES string of the molecule is Cc1cccc([C@@H](N)C(F)F)n1.Cl. The quantitative estimate of drug-likeness (QED) is 0.808. The number of hydrogen-bond donors (Lipinski definition) is 1. The third kappa shape index (κ3) is 3.24. The molecule has 0 aliphatic rings. The van der Waals surface area contributed by atoms with Crippen molar-refractivity contribution in [3.05, 3.63) is 29.6 Å². The molecule has 0 bridgehead atoms. The Morgan fingerprint density at radius 2 is 2.00 bits per heavy atom. The van der Waals surface area contributed by atoms with Crippen LogP contribution in [0.1, 0.15) is 17.4 Å². The summed E-state index contributed by atoms with van der Waals surface area (Å²) in [4.78, 5) is 3.89. The van der Waals surface area contributed by atoms with E-state index in [1.165, 1.54) is 6.07 Å². The highest BCUT2D eigenvalue weighted by Gasteiger charge is 2.18. The van der Waals surface area contributed by atoms with Crippen molar-refractivity contribution >= 4 is 12.4 Å². The zero-order valence-electron chi connectivity index (χ0n) is 7.08. The molecular formula is C8H11ClF2N2. The molecular weight excluding hydrogens is 198 g/mol. The first-order chi connectivity index (χ1) is 5.61. The molecule has 2 N–H and O–H groups in total. The van der Waals surface area contributed by atoms with E-state index < -0.39 is 12.5 Å². The molecule has 1 rings (SSSR count). The van der Waals surface area contributed by atoms with E-state index in [9.17, 15) is 8.78 Å². The average molecular weight is 209 g/mol. The summed E-state index contributed by atoms with van der Waals surface area (Å²) in [6.45, 7) is 1.74. The van der Waals surface area contributed by atoms with Gasteiger partial charge >= 0.3 is 0 Å². The Bertz CT molecular complexity index is 268. The third-order valence-corrected chi connectivity index (χ3v) is 1.52. The van der Waals surface area contributed by atoms with Gasteiger partial charge < -0.3 is 5.73 Å². The van der Waals surface area contributed by atoms with Crippen LogP contribution in [-0.4, -0.2) is 11.4 Å². The van der Waals surface area contributed by atoms with Gasteiger partial charge in [0.05, 0.1) is 5.69 Å². The van der Waals surface area contributed by atoms with E-state index in [2.05, 4.69) is 4.98 Å². The minimum absolute atomic E-state index is 0. The van der Waals surface area contributed by atoms with Crippen molar-refractivity contribution in [1.29, 1.82) is 0 Å². The maximum absolute atomic E-state index is 12.1. The van der Waals surface area contributed by atoms with Gasteiger partial charge in [-0.2, -0.15) is 0 Å². The topological polar surface area (TPSA) is 38.9 Å². The highest BCUT2D eigenvalue weighted by atomic mass is 35.5. The fourth-order valence-corrected chi connectivity index (χ4v) is 0.879. The number of pyridine rings is 1. The highest BCUT2D eigenvalue weighted by Crippen LogP contribution is 2.15. The number of halogens is 3. The van der Waals surface area contributed by atoms with E-state index >= 15 is 0 Å². The Hall–Kier alpha value is -0.740. The molecule has 0 spiro atoms. The summed E-state index contributed by atoms with van der Waals surface area (Å²) in [6, 6.07) is 3.63. The Balaban J connectivity index is 0.00000144. The van der Waals surface area contributed by atoms with Gasteiger partial charge in [0.2, 0.25) is 0 Å². The predicted octanol–water partition coefficient (Wildman–Crippen LogP) is 2.08. The van der Waals surface area contributed by atoms with Gasteiger partial charge in [0.1, 0.15) is 6.04 Å². The van der Waals surface area contributed by atoms with Crippen molar-refractivity contribution in [1.82, 2.24) is 4.98 Å². The largest absolute Gasteiger partial charge is 0.318 e. The van der Waals surface area contributed by atoms with Gasteiger partial charge in [-0.3, -0.25) is 4.98 Å². The summed E-state index contributed by atoms with van der Waals surface area (Å²) in [5.74, 6) is 0. The van der Waals surface area contributed by atoms with E-state index in [4.69, 9.17) is 5.73 Å². The molecule has 0 aliphatic heterocycles. The van der Waals surface area contributed by atoms with Crippen molar-refractivity contribution in [2.75, 3.05) is 0 Å². The second-order valence-electron chi connectivity index (χ2n) is 2.56. The van der Waals surface area contributed by atoms with E-state index in [1.807, 2.05) is 0 Å². The van der Waals surface area contributed by atoms with E-state index in [0.717, 1.165) is 0 Å². The Labute approximate surface area is 81.6 Å². The van der Waals surface area contributed by atoms with E-state index in [1.54, 1.807) is 19.1 Å². The molecule has 0 fully saturated rings. The summed E-state index contributed by atoms with van der Waals surface area (Å²) in [5.41, 5.74) is 6.13. The van der Waals surface area contributed by atoms with Gasteiger partial charge in [0, 0.05) is 5.69 Å². The van der Waals surface area contributed by atoms with E-state index in [-0.39, 0.29) is 18.1 Å². The minimum Gasteiger partial charge on any atom is -0.318 e. The molecule has 74 valence electrons. The van der Waals surface area contributed by atoms with Crippen molar-refractivity contribution in [2.45, 2.75) is 19.4 Å². The summed E-state index contributed by atoms with van der Waals surface area (Å²) < 4.78 is 24.2. The van der Waals surface area contributed by atoms with Crippen molar-refractivity contribution in [2.24, 2.45) is 5.73 Å². The molecule has 1 heterocycles. The summed E-state index contributed by atoms with van der Waals surface area (Å²) in [7, 11) is 0. The van der Waals surface area contributed by atoms with Crippen LogP contribution in [0.2, 0.25) is 0 Å². The molecule has 13 heavy (non-hydrogen) atoms. The van der Waals surface area contributed by atoms with Crippen LogP contribution < -0.4 is 5.73 Å². The number of nitrogens with two attached hydrogens (primary N) is 1. The normalized spacial score (nSPS) is 12.4. The van der Waals surface area contributed by atoms with Gasteiger partial charge in [-0.1, -0.05) is 6.07 Å². The molecule has 1 atom stereocenters. The van der Waals surface area contributed by atoms with Crippen LogP contribution in [0.4, 0.5) is 8.78 Å². The fourth-order valence-electron chi connectivity index (χ4n) is 0.879. The van der Waals surface area contributed by atoms with Crippen LogP contribution in [0.15, 0.2) is 18.2 Å². The standard InChI is InChI=1S/C8H10F2N2.ClH/c1-5-3-2-4-6(12-5)7(11)8(9)10;/h2-4,7-8H,11H2,1H3;1H/t7-;/m1./s1. The molecule has 0 aliphatic carbocycles. The van der Waals surface area contributed by atoms with Crippen LogP contribution in [0.3, 0.4) is 0 Å². The zero-order chi connectivity index (χ0) is 9.14. The highest BCUT2D eigenvalue weighted by molar-refractivity contribution is 5.85. The lowest BCUT2D eigenvalue weighted by molar-refractivity contribution is 0.114. The molecule has 0 saturated heterocycles. The molecule has 0 aromatic carbocycles. The number of rotatable bonds is 2. The first-order valence-corrected chi connectivity index (χ1v) is 3.58. The fraction of sp³-hybridized carbons (Fsp3) is 0.375. The zero-order valence-corrected chi connectivity index (χ0v) is 7.89. The lowest BCUT2D eigenvalue weighted by atomic mass is 10.2. The molecule has 0 unspecified atom stereocenters. The Morgan fingerprint density at radius 3 is 2.46 bits per heavy atom. The molecule has 1 aromatic heterocycles. The smallest absolute Gasteiger partial charge is 0.259 e.